The minimum atomic E-state index is -0.380. The molecular weight excluding hydrogens is 236 g/mol. The fourth-order valence-corrected chi connectivity index (χ4v) is 1.90. The molecule has 0 aromatic rings. The number of urea groups is 1. The lowest BCUT2D eigenvalue weighted by Gasteiger charge is -2.12. The van der Waals surface area contributed by atoms with Gasteiger partial charge in [-0.1, -0.05) is 13.3 Å². The van der Waals surface area contributed by atoms with Gasteiger partial charge < -0.3 is 5.32 Å². The Morgan fingerprint density at radius 1 is 1.44 bits per heavy atom. The van der Waals surface area contributed by atoms with Gasteiger partial charge in [0.25, 0.3) is 5.91 Å². The van der Waals surface area contributed by atoms with E-state index in [1.807, 2.05) is 12.3 Å². The fraction of sp³-hybridized carbons (Fsp3) is 0.727. The highest BCUT2D eigenvalue weighted by molar-refractivity contribution is 6.04. The molecule has 1 atom stereocenters. The summed E-state index contributed by atoms with van der Waals surface area (Å²) in [6.07, 6.45) is 3.01. The summed E-state index contributed by atoms with van der Waals surface area (Å²) in [7, 11) is 0. The Balaban J connectivity index is 2.31. The van der Waals surface area contributed by atoms with Crippen molar-refractivity contribution >= 4 is 17.8 Å². The summed E-state index contributed by atoms with van der Waals surface area (Å²) in [6, 6.07) is -0.712. The number of carbonyl (C=O) groups excluding carboxylic acids is 3. The van der Waals surface area contributed by atoms with Gasteiger partial charge in [-0.05, 0) is 19.3 Å². The van der Waals surface area contributed by atoms with Crippen molar-refractivity contribution in [2.75, 3.05) is 6.54 Å². The molecule has 1 saturated heterocycles. The average Bonchev–Trinajstić information content (AvgIpc) is 2.61. The van der Waals surface area contributed by atoms with Crippen molar-refractivity contribution in [2.24, 2.45) is 5.84 Å². The first-order valence-corrected chi connectivity index (χ1v) is 6.21. The van der Waals surface area contributed by atoms with Crippen LogP contribution in [0.1, 0.15) is 39.0 Å². The molecule has 4 amide bonds. The number of nitrogens with zero attached hydrogens (tertiary/aromatic N) is 1. The molecule has 102 valence electrons. The average molecular weight is 256 g/mol. The monoisotopic (exact) mass is 256 g/mol. The smallest absolute Gasteiger partial charge is 0.324 e. The fourth-order valence-electron chi connectivity index (χ4n) is 1.90. The molecule has 0 aromatic carbocycles. The van der Waals surface area contributed by atoms with E-state index in [0.717, 1.165) is 6.42 Å². The van der Waals surface area contributed by atoms with Gasteiger partial charge in [-0.2, -0.15) is 0 Å². The quantitative estimate of drug-likeness (QED) is 0.194. The van der Waals surface area contributed by atoms with Gasteiger partial charge in [0.1, 0.15) is 6.04 Å². The molecule has 1 aliphatic heterocycles. The zero-order chi connectivity index (χ0) is 13.5. The first-order chi connectivity index (χ1) is 8.60. The SMILES string of the molecule is CCCC1NC(=O)N(CCCCC(=O)NN)C1=O. The third kappa shape index (κ3) is 3.69. The summed E-state index contributed by atoms with van der Waals surface area (Å²) in [4.78, 5) is 35.5. The van der Waals surface area contributed by atoms with Crippen LogP contribution in [0.3, 0.4) is 0 Å². The van der Waals surface area contributed by atoms with E-state index < -0.39 is 0 Å². The Morgan fingerprint density at radius 2 is 2.17 bits per heavy atom. The first kappa shape index (κ1) is 14.4. The molecule has 18 heavy (non-hydrogen) atoms. The number of hydrogen-bond donors (Lipinski definition) is 3. The Hall–Kier alpha value is -1.63. The van der Waals surface area contributed by atoms with Gasteiger partial charge in [-0.15, -0.1) is 0 Å². The lowest BCUT2D eigenvalue weighted by Crippen LogP contribution is -2.33. The lowest BCUT2D eigenvalue weighted by molar-refractivity contribution is -0.127. The van der Waals surface area contributed by atoms with E-state index in [1.54, 1.807) is 0 Å². The van der Waals surface area contributed by atoms with Crippen LogP contribution >= 0.6 is 0 Å². The molecule has 1 fully saturated rings. The van der Waals surface area contributed by atoms with E-state index in [-0.39, 0.29) is 23.9 Å². The van der Waals surface area contributed by atoms with E-state index in [1.165, 1.54) is 4.90 Å². The number of nitrogens with one attached hydrogen (secondary N) is 2. The predicted molar refractivity (Wildman–Crippen MR) is 65.1 cm³/mol. The maximum Gasteiger partial charge on any atom is 0.324 e. The summed E-state index contributed by atoms with van der Waals surface area (Å²) in [5.41, 5.74) is 2.04. The van der Waals surface area contributed by atoms with E-state index in [0.29, 0.717) is 32.2 Å². The number of unbranched alkanes of at least 4 members (excludes halogenated alkanes) is 1. The highest BCUT2D eigenvalue weighted by Gasteiger charge is 2.36. The molecule has 1 heterocycles. The van der Waals surface area contributed by atoms with Crippen molar-refractivity contribution in [3.05, 3.63) is 0 Å². The largest absolute Gasteiger partial charge is 0.326 e. The summed E-state index contributed by atoms with van der Waals surface area (Å²) in [5.74, 6) is 4.54. The molecule has 7 heteroatoms. The molecule has 4 N–H and O–H groups in total. The van der Waals surface area contributed by atoms with Gasteiger partial charge in [-0.3, -0.25) is 19.9 Å². The summed E-state index contributed by atoms with van der Waals surface area (Å²) >= 11 is 0. The molecule has 7 nitrogen and oxygen atoms in total. The molecule has 0 bridgehead atoms. The molecule has 0 saturated carbocycles. The zero-order valence-electron chi connectivity index (χ0n) is 10.6. The van der Waals surface area contributed by atoms with Crippen LogP contribution in [0.2, 0.25) is 0 Å². The topological polar surface area (TPSA) is 105 Å². The van der Waals surface area contributed by atoms with Crippen LogP contribution in [-0.4, -0.2) is 35.3 Å². The number of hydrogen-bond acceptors (Lipinski definition) is 4. The number of rotatable bonds is 7. The highest BCUT2D eigenvalue weighted by Crippen LogP contribution is 2.12. The van der Waals surface area contributed by atoms with Crippen molar-refractivity contribution in [1.82, 2.24) is 15.6 Å². The van der Waals surface area contributed by atoms with E-state index >= 15 is 0 Å². The van der Waals surface area contributed by atoms with E-state index in [4.69, 9.17) is 5.84 Å². The van der Waals surface area contributed by atoms with Crippen molar-refractivity contribution < 1.29 is 14.4 Å². The predicted octanol–water partition coefficient (Wildman–Crippen LogP) is -0.133. The second kappa shape index (κ2) is 6.95. The van der Waals surface area contributed by atoms with Crippen molar-refractivity contribution in [3.8, 4) is 0 Å². The van der Waals surface area contributed by atoms with Crippen LogP contribution in [0.15, 0.2) is 0 Å². The molecular formula is C11H20N4O3. The van der Waals surface area contributed by atoms with E-state index in [2.05, 4.69) is 5.32 Å². The Bertz CT molecular complexity index is 332. The van der Waals surface area contributed by atoms with Crippen LogP contribution in [0.25, 0.3) is 0 Å². The number of hydrazine groups is 1. The summed E-state index contributed by atoms with van der Waals surface area (Å²) in [5, 5.41) is 2.65. The molecule has 0 aromatic heterocycles. The minimum absolute atomic E-state index is 0.162. The third-order valence-electron chi connectivity index (χ3n) is 2.88. The maximum atomic E-state index is 11.8. The Morgan fingerprint density at radius 3 is 2.78 bits per heavy atom. The molecule has 0 spiro atoms. The van der Waals surface area contributed by atoms with Gasteiger partial charge in [0, 0.05) is 13.0 Å². The maximum absolute atomic E-state index is 11.8. The molecule has 1 rings (SSSR count). The number of amides is 4. The van der Waals surface area contributed by atoms with Crippen molar-refractivity contribution in [2.45, 2.75) is 45.1 Å². The van der Waals surface area contributed by atoms with Crippen LogP contribution in [0.4, 0.5) is 4.79 Å². The second-order valence-electron chi connectivity index (χ2n) is 4.31. The van der Waals surface area contributed by atoms with Crippen LogP contribution in [-0.2, 0) is 9.59 Å². The number of nitrogens with two attached hydrogens (primary N) is 1. The summed E-state index contributed by atoms with van der Waals surface area (Å²) < 4.78 is 0. The highest BCUT2D eigenvalue weighted by atomic mass is 16.2. The molecule has 1 aliphatic rings. The van der Waals surface area contributed by atoms with Crippen LogP contribution in [0.5, 0.6) is 0 Å². The standard InChI is InChI=1S/C11H20N4O3/c1-2-5-8-10(17)15(11(18)13-8)7-4-3-6-9(16)14-12/h8H,2-7,12H2,1H3,(H,13,18)(H,14,16). The molecule has 0 radical (unpaired) electrons. The molecule has 1 unspecified atom stereocenters. The van der Waals surface area contributed by atoms with Gasteiger partial charge in [0.05, 0.1) is 0 Å². The zero-order valence-corrected chi connectivity index (χ0v) is 10.6. The normalized spacial score (nSPS) is 19.0. The minimum Gasteiger partial charge on any atom is -0.326 e. The van der Waals surface area contributed by atoms with Gasteiger partial charge in [0.15, 0.2) is 0 Å². The van der Waals surface area contributed by atoms with Gasteiger partial charge in [0.2, 0.25) is 5.91 Å². The third-order valence-corrected chi connectivity index (χ3v) is 2.88. The van der Waals surface area contributed by atoms with Crippen LogP contribution in [0, 0.1) is 0 Å². The Labute approximate surface area is 106 Å². The Kier molecular flexibility index (Phi) is 5.57. The summed E-state index contributed by atoms with van der Waals surface area (Å²) in [6.45, 7) is 2.32. The van der Waals surface area contributed by atoms with Gasteiger partial charge >= 0.3 is 6.03 Å². The van der Waals surface area contributed by atoms with Crippen LogP contribution < -0.4 is 16.6 Å². The number of imide groups is 1. The first-order valence-electron chi connectivity index (χ1n) is 6.21. The van der Waals surface area contributed by atoms with Crippen molar-refractivity contribution in [1.29, 1.82) is 0 Å². The van der Waals surface area contributed by atoms with E-state index in [9.17, 15) is 14.4 Å². The van der Waals surface area contributed by atoms with Gasteiger partial charge in [-0.25, -0.2) is 10.6 Å². The van der Waals surface area contributed by atoms with Crippen molar-refractivity contribution in [3.63, 3.8) is 0 Å². The molecule has 0 aliphatic carbocycles. The number of carbonyl (C=O) groups is 3. The lowest BCUT2D eigenvalue weighted by atomic mass is 10.1. The second-order valence-corrected chi connectivity index (χ2v) is 4.31.